The largest absolute Gasteiger partial charge is 0.314 e. The highest BCUT2D eigenvalue weighted by Crippen LogP contribution is 2.06. The summed E-state index contributed by atoms with van der Waals surface area (Å²) in [5.41, 5.74) is 1.34. The maximum Gasteiger partial charge on any atom is 0.0521 e. The predicted octanol–water partition coefficient (Wildman–Crippen LogP) is 2.13. The average Bonchev–Trinajstić information content (AvgIpc) is 2.65. The van der Waals surface area contributed by atoms with Gasteiger partial charge in [-0.1, -0.05) is 13.8 Å². The molecule has 1 aromatic heterocycles. The quantitative estimate of drug-likeness (QED) is 0.745. The first-order chi connectivity index (χ1) is 7.26. The molecule has 0 spiro atoms. The fourth-order valence-corrected chi connectivity index (χ4v) is 1.74. The van der Waals surface area contributed by atoms with E-state index >= 15 is 0 Å². The molecule has 1 atom stereocenters. The predicted molar refractivity (Wildman–Crippen MR) is 63.9 cm³/mol. The van der Waals surface area contributed by atoms with Gasteiger partial charge in [-0.25, -0.2) is 0 Å². The molecular weight excluding hydrogens is 186 g/mol. The van der Waals surface area contributed by atoms with Gasteiger partial charge >= 0.3 is 0 Å². The molecule has 3 heteroatoms. The normalized spacial score (nSPS) is 13.0. The number of hydrogen-bond donors (Lipinski definition) is 1. The first kappa shape index (κ1) is 12.2. The van der Waals surface area contributed by atoms with Crippen LogP contribution in [-0.4, -0.2) is 22.4 Å². The molecule has 0 aliphatic carbocycles. The molecule has 0 aromatic carbocycles. The summed E-state index contributed by atoms with van der Waals surface area (Å²) in [7, 11) is 1.97. The van der Waals surface area contributed by atoms with Crippen molar-refractivity contribution in [3.8, 4) is 0 Å². The molecule has 0 radical (unpaired) electrons. The molecule has 0 fully saturated rings. The summed E-state index contributed by atoms with van der Waals surface area (Å²) in [6, 6.07) is 0.658. The van der Waals surface area contributed by atoms with Gasteiger partial charge < -0.3 is 5.32 Å². The van der Waals surface area contributed by atoms with Gasteiger partial charge in [-0.05, 0) is 37.8 Å². The van der Waals surface area contributed by atoms with Crippen LogP contribution in [0.15, 0.2) is 12.4 Å². The monoisotopic (exact) mass is 209 g/mol. The highest BCUT2D eigenvalue weighted by atomic mass is 15.2. The van der Waals surface area contributed by atoms with E-state index in [1.54, 1.807) is 0 Å². The SMILES string of the molecule is CCCNC(CC)CCc1cnn(C)c1. The van der Waals surface area contributed by atoms with E-state index in [9.17, 15) is 0 Å². The summed E-state index contributed by atoms with van der Waals surface area (Å²) < 4.78 is 1.87. The van der Waals surface area contributed by atoms with Crippen molar-refractivity contribution < 1.29 is 0 Å². The lowest BCUT2D eigenvalue weighted by molar-refractivity contribution is 0.468. The molecule has 1 heterocycles. The highest BCUT2D eigenvalue weighted by molar-refractivity contribution is 5.03. The van der Waals surface area contributed by atoms with Crippen molar-refractivity contribution in [2.45, 2.75) is 45.6 Å². The van der Waals surface area contributed by atoms with Crippen molar-refractivity contribution in [1.82, 2.24) is 15.1 Å². The van der Waals surface area contributed by atoms with Crippen molar-refractivity contribution in [3.63, 3.8) is 0 Å². The minimum atomic E-state index is 0.658. The van der Waals surface area contributed by atoms with E-state index in [1.165, 1.54) is 24.8 Å². The van der Waals surface area contributed by atoms with Gasteiger partial charge in [-0.3, -0.25) is 4.68 Å². The van der Waals surface area contributed by atoms with Crippen LogP contribution in [0.5, 0.6) is 0 Å². The highest BCUT2D eigenvalue weighted by Gasteiger charge is 2.05. The second-order valence-electron chi connectivity index (χ2n) is 4.12. The van der Waals surface area contributed by atoms with E-state index in [0.717, 1.165) is 13.0 Å². The third-order valence-corrected chi connectivity index (χ3v) is 2.72. The lowest BCUT2D eigenvalue weighted by Crippen LogP contribution is -2.29. The summed E-state index contributed by atoms with van der Waals surface area (Å²) in [6.45, 7) is 5.59. The van der Waals surface area contributed by atoms with E-state index in [1.807, 2.05) is 17.9 Å². The molecule has 0 bridgehead atoms. The third-order valence-electron chi connectivity index (χ3n) is 2.72. The molecule has 1 unspecified atom stereocenters. The van der Waals surface area contributed by atoms with Crippen LogP contribution in [0.3, 0.4) is 0 Å². The fraction of sp³-hybridized carbons (Fsp3) is 0.750. The zero-order valence-corrected chi connectivity index (χ0v) is 10.2. The van der Waals surface area contributed by atoms with E-state index in [4.69, 9.17) is 0 Å². The maximum absolute atomic E-state index is 4.18. The molecule has 3 nitrogen and oxygen atoms in total. The Bertz CT molecular complexity index is 268. The summed E-state index contributed by atoms with van der Waals surface area (Å²) in [5, 5.41) is 7.75. The number of aromatic nitrogens is 2. The molecule has 0 saturated carbocycles. The first-order valence-electron chi connectivity index (χ1n) is 5.97. The smallest absolute Gasteiger partial charge is 0.0521 e. The molecule has 1 aromatic rings. The van der Waals surface area contributed by atoms with Crippen LogP contribution < -0.4 is 5.32 Å². The average molecular weight is 209 g/mol. The Kier molecular flexibility index (Phi) is 5.40. The van der Waals surface area contributed by atoms with Crippen LogP contribution in [0.1, 0.15) is 38.7 Å². The fourth-order valence-electron chi connectivity index (χ4n) is 1.74. The summed E-state index contributed by atoms with van der Waals surface area (Å²) in [6.07, 6.45) is 8.83. The number of hydrogen-bond acceptors (Lipinski definition) is 2. The molecule has 0 aliphatic rings. The third kappa shape index (κ3) is 4.47. The van der Waals surface area contributed by atoms with Gasteiger partial charge in [0.15, 0.2) is 0 Å². The van der Waals surface area contributed by atoms with Crippen LogP contribution in [0.25, 0.3) is 0 Å². The molecule has 15 heavy (non-hydrogen) atoms. The van der Waals surface area contributed by atoms with Crippen LogP contribution >= 0.6 is 0 Å². The van der Waals surface area contributed by atoms with E-state index in [-0.39, 0.29) is 0 Å². The van der Waals surface area contributed by atoms with Crippen LogP contribution in [0.2, 0.25) is 0 Å². The Morgan fingerprint density at radius 2 is 2.27 bits per heavy atom. The van der Waals surface area contributed by atoms with Crippen molar-refractivity contribution in [2.75, 3.05) is 6.54 Å². The van der Waals surface area contributed by atoms with E-state index < -0.39 is 0 Å². The minimum Gasteiger partial charge on any atom is -0.314 e. The Labute approximate surface area is 92.9 Å². The lowest BCUT2D eigenvalue weighted by atomic mass is 10.1. The lowest BCUT2D eigenvalue weighted by Gasteiger charge is -2.15. The van der Waals surface area contributed by atoms with E-state index in [0.29, 0.717) is 6.04 Å². The second kappa shape index (κ2) is 6.62. The number of nitrogens with one attached hydrogen (secondary N) is 1. The van der Waals surface area contributed by atoms with Gasteiger partial charge in [0.1, 0.15) is 0 Å². The van der Waals surface area contributed by atoms with Gasteiger partial charge in [-0.15, -0.1) is 0 Å². The van der Waals surface area contributed by atoms with Crippen LogP contribution in [0, 0.1) is 0 Å². The summed E-state index contributed by atoms with van der Waals surface area (Å²) in [5.74, 6) is 0. The molecule has 1 rings (SSSR count). The van der Waals surface area contributed by atoms with Gasteiger partial charge in [0.25, 0.3) is 0 Å². The molecule has 1 N–H and O–H groups in total. The van der Waals surface area contributed by atoms with Crippen molar-refractivity contribution in [1.29, 1.82) is 0 Å². The van der Waals surface area contributed by atoms with Gasteiger partial charge in [0.05, 0.1) is 6.20 Å². The van der Waals surface area contributed by atoms with Crippen LogP contribution in [-0.2, 0) is 13.5 Å². The molecular formula is C12H23N3. The zero-order chi connectivity index (χ0) is 11.1. The van der Waals surface area contributed by atoms with Crippen molar-refractivity contribution in [2.24, 2.45) is 7.05 Å². The second-order valence-corrected chi connectivity index (χ2v) is 4.12. The van der Waals surface area contributed by atoms with Gasteiger partial charge in [-0.2, -0.15) is 5.10 Å². The summed E-state index contributed by atoms with van der Waals surface area (Å²) >= 11 is 0. The van der Waals surface area contributed by atoms with Gasteiger partial charge in [0, 0.05) is 19.3 Å². The Hall–Kier alpha value is -0.830. The zero-order valence-electron chi connectivity index (χ0n) is 10.2. The standard InChI is InChI=1S/C12H23N3/c1-4-8-13-12(5-2)7-6-11-9-14-15(3)10-11/h9-10,12-13H,4-8H2,1-3H3. The first-order valence-corrected chi connectivity index (χ1v) is 5.97. The van der Waals surface area contributed by atoms with E-state index in [2.05, 4.69) is 30.5 Å². The topological polar surface area (TPSA) is 29.9 Å². The number of aryl methyl sites for hydroxylation is 2. The molecule has 0 amide bonds. The number of nitrogens with zero attached hydrogens (tertiary/aromatic N) is 2. The Morgan fingerprint density at radius 1 is 1.47 bits per heavy atom. The minimum absolute atomic E-state index is 0.658. The van der Waals surface area contributed by atoms with Gasteiger partial charge in [0.2, 0.25) is 0 Å². The Morgan fingerprint density at radius 3 is 2.80 bits per heavy atom. The van der Waals surface area contributed by atoms with Crippen LogP contribution in [0.4, 0.5) is 0 Å². The Balaban J connectivity index is 2.27. The molecule has 0 aliphatic heterocycles. The van der Waals surface area contributed by atoms with Crippen molar-refractivity contribution in [3.05, 3.63) is 18.0 Å². The number of rotatable bonds is 7. The molecule has 86 valence electrons. The van der Waals surface area contributed by atoms with Crippen molar-refractivity contribution >= 4 is 0 Å². The maximum atomic E-state index is 4.18. The molecule has 0 saturated heterocycles. The summed E-state index contributed by atoms with van der Waals surface area (Å²) in [4.78, 5) is 0.